The van der Waals surface area contributed by atoms with Crippen molar-refractivity contribution in [2.24, 2.45) is 5.92 Å². The van der Waals surface area contributed by atoms with Crippen LogP contribution < -0.4 is 0 Å². The minimum absolute atomic E-state index is 0.166. The number of ketones is 1. The lowest BCUT2D eigenvalue weighted by molar-refractivity contribution is -0.132. The fourth-order valence-corrected chi connectivity index (χ4v) is 2.28. The fraction of sp³-hybridized carbons (Fsp3) is 0.909. The maximum atomic E-state index is 12.1. The smallest absolute Gasteiger partial charge is 0.154 e. The van der Waals surface area contributed by atoms with E-state index in [4.69, 9.17) is 0 Å². The van der Waals surface area contributed by atoms with E-state index in [9.17, 15) is 4.79 Å². The van der Waals surface area contributed by atoms with Crippen LogP contribution in [0.3, 0.4) is 0 Å². The first-order valence-corrected chi connectivity index (χ1v) is 5.61. The van der Waals surface area contributed by atoms with E-state index in [1.165, 1.54) is 6.42 Å². The van der Waals surface area contributed by atoms with Crippen LogP contribution in [0.5, 0.6) is 0 Å². The number of nitrogens with zero attached hydrogens (tertiary/aromatic N) is 2. The molecule has 1 unspecified atom stereocenters. The standard InChI is InChI=1S/C11H20N2O/c1-12-6-7-13(2)10(8-12)11(14)9-4-3-5-9/h9-10H,3-8H2,1-2H3. The third-order valence-electron chi connectivity index (χ3n) is 3.69. The van der Waals surface area contributed by atoms with Crippen LogP contribution in [0.15, 0.2) is 0 Å². The number of piperazine rings is 1. The first-order valence-electron chi connectivity index (χ1n) is 5.61. The van der Waals surface area contributed by atoms with Gasteiger partial charge in [0.2, 0.25) is 0 Å². The predicted octanol–water partition coefficient (Wildman–Crippen LogP) is 0.601. The highest BCUT2D eigenvalue weighted by atomic mass is 16.1. The number of rotatable bonds is 2. The molecule has 1 saturated heterocycles. The van der Waals surface area contributed by atoms with Gasteiger partial charge in [-0.05, 0) is 26.9 Å². The van der Waals surface area contributed by atoms with E-state index in [1.807, 2.05) is 0 Å². The number of hydrogen-bond donors (Lipinski definition) is 0. The Labute approximate surface area is 86.1 Å². The summed E-state index contributed by atoms with van der Waals surface area (Å²) in [7, 11) is 4.18. The summed E-state index contributed by atoms with van der Waals surface area (Å²) >= 11 is 0. The number of likely N-dealkylation sites (N-methyl/N-ethyl adjacent to an activating group) is 2. The van der Waals surface area contributed by atoms with Crippen molar-refractivity contribution in [3.8, 4) is 0 Å². The van der Waals surface area contributed by atoms with Crippen molar-refractivity contribution in [1.29, 1.82) is 0 Å². The van der Waals surface area contributed by atoms with Crippen LogP contribution in [-0.4, -0.2) is 55.4 Å². The van der Waals surface area contributed by atoms with Crippen molar-refractivity contribution in [2.75, 3.05) is 33.7 Å². The summed E-state index contributed by atoms with van der Waals surface area (Å²) in [6.07, 6.45) is 3.52. The molecule has 1 atom stereocenters. The quantitative estimate of drug-likeness (QED) is 0.646. The van der Waals surface area contributed by atoms with Crippen LogP contribution in [0.4, 0.5) is 0 Å². The van der Waals surface area contributed by atoms with Gasteiger partial charge in [-0.15, -0.1) is 0 Å². The van der Waals surface area contributed by atoms with Gasteiger partial charge in [0.05, 0.1) is 6.04 Å². The zero-order valence-electron chi connectivity index (χ0n) is 9.20. The molecule has 3 heteroatoms. The van der Waals surface area contributed by atoms with Crippen LogP contribution in [0, 0.1) is 5.92 Å². The van der Waals surface area contributed by atoms with E-state index in [-0.39, 0.29) is 6.04 Å². The van der Waals surface area contributed by atoms with Gasteiger partial charge in [-0.2, -0.15) is 0 Å². The molecule has 0 radical (unpaired) electrons. The highest BCUT2D eigenvalue weighted by Gasteiger charge is 2.35. The largest absolute Gasteiger partial charge is 0.303 e. The Morgan fingerprint density at radius 3 is 2.50 bits per heavy atom. The molecule has 0 aromatic rings. The molecule has 1 heterocycles. The Kier molecular flexibility index (Phi) is 2.88. The molecule has 2 rings (SSSR count). The van der Waals surface area contributed by atoms with E-state index in [0.29, 0.717) is 11.7 Å². The first-order chi connectivity index (χ1) is 6.68. The van der Waals surface area contributed by atoms with Gasteiger partial charge in [0.15, 0.2) is 5.78 Å². The summed E-state index contributed by atoms with van der Waals surface area (Å²) in [4.78, 5) is 16.6. The van der Waals surface area contributed by atoms with Crippen LogP contribution >= 0.6 is 0 Å². The number of hydrogen-bond acceptors (Lipinski definition) is 3. The van der Waals surface area contributed by atoms with E-state index < -0.39 is 0 Å². The lowest BCUT2D eigenvalue weighted by Gasteiger charge is -2.39. The Balaban J connectivity index is 1.96. The van der Waals surface area contributed by atoms with Crippen molar-refractivity contribution in [1.82, 2.24) is 9.80 Å². The predicted molar refractivity (Wildman–Crippen MR) is 56.3 cm³/mol. The molecule has 14 heavy (non-hydrogen) atoms. The Hall–Kier alpha value is -0.410. The highest BCUT2D eigenvalue weighted by molar-refractivity contribution is 5.87. The van der Waals surface area contributed by atoms with Gasteiger partial charge in [-0.25, -0.2) is 0 Å². The lowest BCUT2D eigenvalue weighted by atomic mass is 9.79. The number of carbonyl (C=O) groups is 1. The van der Waals surface area contributed by atoms with Crippen LogP contribution in [-0.2, 0) is 4.79 Å². The van der Waals surface area contributed by atoms with Gasteiger partial charge >= 0.3 is 0 Å². The number of Topliss-reactive ketones (excluding diaryl/α,β-unsaturated/α-hetero) is 1. The second-order valence-corrected chi connectivity index (χ2v) is 4.79. The minimum Gasteiger partial charge on any atom is -0.303 e. The first kappa shape index (κ1) is 10.1. The van der Waals surface area contributed by atoms with E-state index >= 15 is 0 Å². The molecule has 2 fully saturated rings. The molecule has 1 aliphatic heterocycles. The van der Waals surface area contributed by atoms with Gasteiger partial charge in [-0.3, -0.25) is 9.69 Å². The van der Waals surface area contributed by atoms with E-state index in [0.717, 1.165) is 32.5 Å². The third kappa shape index (κ3) is 1.84. The average Bonchev–Trinajstić information content (AvgIpc) is 2.06. The zero-order chi connectivity index (χ0) is 10.1. The molecule has 0 spiro atoms. The fourth-order valence-electron chi connectivity index (χ4n) is 2.28. The Bertz CT molecular complexity index is 225. The summed E-state index contributed by atoms with van der Waals surface area (Å²) in [5, 5.41) is 0. The molecule has 1 aliphatic carbocycles. The van der Waals surface area contributed by atoms with Gasteiger partial charge in [0.1, 0.15) is 0 Å². The van der Waals surface area contributed by atoms with Crippen molar-refractivity contribution < 1.29 is 4.79 Å². The maximum Gasteiger partial charge on any atom is 0.154 e. The van der Waals surface area contributed by atoms with Gasteiger partial charge in [-0.1, -0.05) is 6.42 Å². The summed E-state index contributed by atoms with van der Waals surface area (Å²) < 4.78 is 0. The highest BCUT2D eigenvalue weighted by Crippen LogP contribution is 2.29. The third-order valence-corrected chi connectivity index (χ3v) is 3.69. The van der Waals surface area contributed by atoms with Gasteiger partial charge in [0.25, 0.3) is 0 Å². The van der Waals surface area contributed by atoms with E-state index in [2.05, 4.69) is 23.9 Å². The number of carbonyl (C=O) groups excluding carboxylic acids is 1. The summed E-state index contributed by atoms with van der Waals surface area (Å²) in [5.74, 6) is 0.874. The molecule has 0 amide bonds. The molecule has 0 N–H and O–H groups in total. The van der Waals surface area contributed by atoms with Crippen molar-refractivity contribution in [2.45, 2.75) is 25.3 Å². The molecule has 0 aromatic heterocycles. The van der Waals surface area contributed by atoms with Crippen LogP contribution in [0.1, 0.15) is 19.3 Å². The SMILES string of the molecule is CN1CCN(C)C(C(=O)C2CCC2)C1. The molecule has 2 aliphatic rings. The molecular formula is C11H20N2O. The molecule has 0 aromatic carbocycles. The van der Waals surface area contributed by atoms with Gasteiger partial charge in [0, 0.05) is 25.6 Å². The topological polar surface area (TPSA) is 23.6 Å². The molecule has 1 saturated carbocycles. The summed E-state index contributed by atoms with van der Waals surface area (Å²) in [5.41, 5.74) is 0. The second kappa shape index (κ2) is 3.99. The van der Waals surface area contributed by atoms with Crippen LogP contribution in [0.2, 0.25) is 0 Å². The minimum atomic E-state index is 0.166. The normalized spacial score (nSPS) is 31.4. The van der Waals surface area contributed by atoms with Crippen molar-refractivity contribution in [3.05, 3.63) is 0 Å². The summed E-state index contributed by atoms with van der Waals surface area (Å²) in [6.45, 7) is 3.04. The average molecular weight is 196 g/mol. The Morgan fingerprint density at radius 2 is 1.93 bits per heavy atom. The lowest BCUT2D eigenvalue weighted by Crippen LogP contribution is -2.55. The van der Waals surface area contributed by atoms with Crippen LogP contribution in [0.25, 0.3) is 0 Å². The maximum absolute atomic E-state index is 12.1. The molecule has 0 bridgehead atoms. The zero-order valence-corrected chi connectivity index (χ0v) is 9.20. The van der Waals surface area contributed by atoms with E-state index in [1.54, 1.807) is 0 Å². The molecule has 3 nitrogen and oxygen atoms in total. The second-order valence-electron chi connectivity index (χ2n) is 4.79. The Morgan fingerprint density at radius 1 is 1.21 bits per heavy atom. The summed E-state index contributed by atoms with van der Waals surface area (Å²) in [6, 6.07) is 0.166. The van der Waals surface area contributed by atoms with Crippen molar-refractivity contribution in [3.63, 3.8) is 0 Å². The monoisotopic (exact) mass is 196 g/mol. The van der Waals surface area contributed by atoms with Gasteiger partial charge < -0.3 is 4.90 Å². The van der Waals surface area contributed by atoms with Crippen molar-refractivity contribution >= 4 is 5.78 Å². The molecular weight excluding hydrogens is 176 g/mol. The molecule has 80 valence electrons.